The molecule has 1 saturated heterocycles. The minimum atomic E-state index is -1.15. The van der Waals surface area contributed by atoms with E-state index in [4.69, 9.17) is 9.26 Å². The van der Waals surface area contributed by atoms with Crippen molar-refractivity contribution in [3.8, 4) is 11.4 Å². The smallest absolute Gasteiger partial charge is 0.259 e. The van der Waals surface area contributed by atoms with Gasteiger partial charge >= 0.3 is 0 Å². The molecule has 1 aromatic heterocycles. The van der Waals surface area contributed by atoms with Gasteiger partial charge in [0.15, 0.2) is 0 Å². The van der Waals surface area contributed by atoms with Gasteiger partial charge in [-0.1, -0.05) is 68.4 Å². The maximum Gasteiger partial charge on any atom is 0.259 e. The number of aromatic nitrogens is 2. The highest BCUT2D eigenvalue weighted by Crippen LogP contribution is 2.51. The number of hydrogen-bond donors (Lipinski definition) is 1. The number of methoxy groups -OCH3 is 1. The lowest BCUT2D eigenvalue weighted by atomic mass is 9.62. The zero-order valence-corrected chi connectivity index (χ0v) is 20.8. The first-order valence-corrected chi connectivity index (χ1v) is 12.2. The summed E-state index contributed by atoms with van der Waals surface area (Å²) < 4.78 is 11.3. The van der Waals surface area contributed by atoms with E-state index in [2.05, 4.69) is 67.1 Å². The second-order valence-corrected chi connectivity index (χ2v) is 10.8. The van der Waals surface area contributed by atoms with Crippen molar-refractivity contribution in [2.24, 2.45) is 5.41 Å². The summed E-state index contributed by atoms with van der Waals surface area (Å²) in [5.41, 5.74) is 1.91. The number of nitrogens with zero attached hydrogens (tertiary/aromatic N) is 3. The van der Waals surface area contributed by atoms with Gasteiger partial charge in [-0.3, -0.25) is 0 Å². The molecule has 0 unspecified atom stereocenters. The molecule has 1 aliphatic heterocycles. The molecule has 0 spiro atoms. The van der Waals surface area contributed by atoms with Gasteiger partial charge in [-0.05, 0) is 55.0 Å². The molecule has 2 heterocycles. The van der Waals surface area contributed by atoms with Crippen molar-refractivity contribution in [3.63, 3.8) is 0 Å². The third kappa shape index (κ3) is 3.51. The minimum Gasteiger partial charge on any atom is -0.380 e. The van der Waals surface area contributed by atoms with Crippen LogP contribution >= 0.6 is 0 Å². The number of likely N-dealkylation sites (tertiary alicyclic amines) is 1. The number of rotatable bonds is 7. The zero-order valence-electron chi connectivity index (χ0n) is 20.8. The lowest BCUT2D eigenvalue weighted by Gasteiger charge is -2.56. The third-order valence-electron chi connectivity index (χ3n) is 8.01. The van der Waals surface area contributed by atoms with Crippen molar-refractivity contribution in [1.82, 2.24) is 15.0 Å². The van der Waals surface area contributed by atoms with Crippen molar-refractivity contribution >= 4 is 0 Å². The molecule has 1 saturated carbocycles. The Morgan fingerprint density at radius 2 is 1.79 bits per heavy atom. The molecule has 2 aromatic carbocycles. The highest BCUT2D eigenvalue weighted by atomic mass is 16.5. The van der Waals surface area contributed by atoms with E-state index in [0.29, 0.717) is 17.6 Å². The molecule has 2 aliphatic rings. The Balaban J connectivity index is 1.56. The van der Waals surface area contributed by atoms with Gasteiger partial charge in [-0.15, -0.1) is 0 Å². The van der Waals surface area contributed by atoms with Crippen LogP contribution in [-0.2, 0) is 15.9 Å². The molecule has 34 heavy (non-hydrogen) atoms. The van der Waals surface area contributed by atoms with Crippen molar-refractivity contribution in [2.75, 3.05) is 27.2 Å². The van der Waals surface area contributed by atoms with Crippen molar-refractivity contribution in [3.05, 3.63) is 71.1 Å². The minimum absolute atomic E-state index is 0.325. The van der Waals surface area contributed by atoms with Crippen LogP contribution in [0.15, 0.2) is 53.1 Å². The fourth-order valence-corrected chi connectivity index (χ4v) is 5.76. The van der Waals surface area contributed by atoms with Crippen LogP contribution in [0.2, 0.25) is 0 Å². The summed E-state index contributed by atoms with van der Waals surface area (Å²) in [7, 11) is 3.79. The average molecular weight is 462 g/mol. The van der Waals surface area contributed by atoms with E-state index in [9.17, 15) is 5.11 Å². The van der Waals surface area contributed by atoms with Crippen LogP contribution in [0.5, 0.6) is 0 Å². The zero-order chi connectivity index (χ0) is 24.1. The van der Waals surface area contributed by atoms with Crippen LogP contribution in [0, 0.1) is 5.41 Å². The predicted octanol–water partition coefficient (Wildman–Crippen LogP) is 5.07. The Kier molecular flexibility index (Phi) is 5.66. The standard InChI is InChI=1S/C28H35N3O3/c1-19(2)20-10-12-22(13-11-20)28(32,26(3)17-31(4)18-26)23-9-6-8-21(16-23)24-29-25(34-30-24)27(33-5)14-7-15-27/h6,8-13,16,19,32H,7,14-15,17-18H2,1-5H3/t28-/m0/s1. The van der Waals surface area contributed by atoms with Crippen molar-refractivity contribution in [1.29, 1.82) is 0 Å². The molecule has 6 heteroatoms. The lowest BCUT2D eigenvalue weighted by Crippen LogP contribution is -2.63. The van der Waals surface area contributed by atoms with Crippen molar-refractivity contribution < 1.29 is 14.4 Å². The Hall–Kier alpha value is -2.54. The largest absolute Gasteiger partial charge is 0.380 e. The summed E-state index contributed by atoms with van der Waals surface area (Å²) in [4.78, 5) is 6.93. The number of hydrogen-bond acceptors (Lipinski definition) is 6. The van der Waals surface area contributed by atoms with Gasteiger partial charge in [0.2, 0.25) is 5.82 Å². The van der Waals surface area contributed by atoms with Crippen molar-refractivity contribution in [2.45, 2.75) is 57.2 Å². The van der Waals surface area contributed by atoms with E-state index < -0.39 is 11.2 Å². The first-order chi connectivity index (χ1) is 16.2. The van der Waals surface area contributed by atoms with E-state index >= 15 is 0 Å². The molecular weight excluding hydrogens is 426 g/mol. The molecule has 0 bridgehead atoms. The molecular formula is C28H35N3O3. The van der Waals surface area contributed by atoms with Crippen LogP contribution in [-0.4, -0.2) is 47.4 Å². The van der Waals surface area contributed by atoms with Crippen LogP contribution in [0.1, 0.15) is 68.5 Å². The van der Waals surface area contributed by atoms with E-state index in [1.54, 1.807) is 7.11 Å². The summed E-state index contributed by atoms with van der Waals surface area (Å²) in [5, 5.41) is 16.7. The Bertz CT molecular complexity index is 1150. The molecule has 1 aliphatic carbocycles. The topological polar surface area (TPSA) is 71.6 Å². The first-order valence-electron chi connectivity index (χ1n) is 12.2. The van der Waals surface area contributed by atoms with Gasteiger partial charge in [0.05, 0.1) is 0 Å². The van der Waals surface area contributed by atoms with Gasteiger partial charge in [0.25, 0.3) is 5.89 Å². The summed E-state index contributed by atoms with van der Waals surface area (Å²) in [6.07, 6.45) is 2.88. The summed E-state index contributed by atoms with van der Waals surface area (Å²) in [5.74, 6) is 1.50. The number of benzene rings is 2. The summed E-state index contributed by atoms with van der Waals surface area (Å²) in [6, 6.07) is 16.4. The Labute approximate surface area is 201 Å². The SMILES string of the molecule is COC1(c2nc(-c3cccc([C@@](O)(c4ccc(C(C)C)cc4)C4(C)CN(C)C4)c3)no2)CCC1. The third-order valence-corrected chi connectivity index (χ3v) is 8.01. The van der Waals surface area contributed by atoms with Gasteiger partial charge in [0.1, 0.15) is 11.2 Å². The molecule has 3 aromatic rings. The maximum absolute atomic E-state index is 12.5. The average Bonchev–Trinajstić information content (AvgIpc) is 3.28. The van der Waals surface area contributed by atoms with Gasteiger partial charge in [-0.2, -0.15) is 4.98 Å². The second-order valence-electron chi connectivity index (χ2n) is 10.8. The summed E-state index contributed by atoms with van der Waals surface area (Å²) in [6.45, 7) is 8.15. The predicted molar refractivity (Wildman–Crippen MR) is 131 cm³/mol. The Morgan fingerprint density at radius 3 is 2.35 bits per heavy atom. The molecule has 180 valence electrons. The van der Waals surface area contributed by atoms with Crippen LogP contribution in [0.3, 0.4) is 0 Å². The lowest BCUT2D eigenvalue weighted by molar-refractivity contribution is -0.127. The number of ether oxygens (including phenoxy) is 1. The summed E-state index contributed by atoms with van der Waals surface area (Å²) >= 11 is 0. The number of aliphatic hydroxyl groups is 1. The van der Waals surface area contributed by atoms with E-state index in [1.165, 1.54) is 5.56 Å². The molecule has 1 atom stereocenters. The molecule has 0 radical (unpaired) electrons. The second kappa shape index (κ2) is 8.29. The van der Waals surface area contributed by atoms with Gasteiger partial charge in [-0.25, -0.2) is 0 Å². The molecule has 5 rings (SSSR count). The molecule has 2 fully saturated rings. The van der Waals surface area contributed by atoms with E-state index in [-0.39, 0.29) is 5.41 Å². The quantitative estimate of drug-likeness (QED) is 0.529. The maximum atomic E-state index is 12.5. The van der Waals surface area contributed by atoms with Crippen LogP contribution < -0.4 is 0 Å². The first kappa shape index (κ1) is 23.2. The fraction of sp³-hybridized carbons (Fsp3) is 0.500. The fourth-order valence-electron chi connectivity index (χ4n) is 5.76. The van der Waals surface area contributed by atoms with Gasteiger partial charge < -0.3 is 19.3 Å². The van der Waals surface area contributed by atoms with Crippen LogP contribution in [0.25, 0.3) is 11.4 Å². The molecule has 6 nitrogen and oxygen atoms in total. The highest BCUT2D eigenvalue weighted by molar-refractivity contribution is 5.58. The Morgan fingerprint density at radius 1 is 1.09 bits per heavy atom. The molecule has 1 N–H and O–H groups in total. The molecule has 0 amide bonds. The normalized spacial score (nSPS) is 21.0. The van der Waals surface area contributed by atoms with Crippen LogP contribution in [0.4, 0.5) is 0 Å². The van der Waals surface area contributed by atoms with E-state index in [0.717, 1.165) is 49.0 Å². The van der Waals surface area contributed by atoms with Gasteiger partial charge in [0, 0.05) is 31.2 Å². The monoisotopic (exact) mass is 461 g/mol. The van der Waals surface area contributed by atoms with E-state index in [1.807, 2.05) is 24.3 Å². The highest BCUT2D eigenvalue weighted by Gasteiger charge is 2.55.